The average molecular weight is 492 g/mol. The zero-order valence-electron chi connectivity index (χ0n) is 15.2. The molecule has 2 aromatic carbocycles. The number of hydrogen-bond donors (Lipinski definition) is 1. The Balaban J connectivity index is 2.02. The summed E-state index contributed by atoms with van der Waals surface area (Å²) in [4.78, 5) is 38.6. The van der Waals surface area contributed by atoms with Gasteiger partial charge in [0.25, 0.3) is 11.8 Å². The van der Waals surface area contributed by atoms with Crippen molar-refractivity contribution in [2.75, 3.05) is 18.6 Å². The molecule has 0 spiro atoms. The van der Waals surface area contributed by atoms with Crippen molar-refractivity contribution >= 4 is 52.2 Å². The highest BCUT2D eigenvalue weighted by Gasteiger charge is 2.38. The molecular formula is C20H17IN2O5. The zero-order valence-corrected chi connectivity index (χ0v) is 17.3. The molecule has 1 aliphatic rings. The number of ether oxygens (including phenoxy) is 2. The Morgan fingerprint density at radius 3 is 2.54 bits per heavy atom. The first kappa shape index (κ1) is 19.9. The van der Waals surface area contributed by atoms with Crippen LogP contribution in [0.4, 0.5) is 10.5 Å². The topological polar surface area (TPSA) is 84.9 Å². The molecule has 0 saturated carbocycles. The second-order valence-electron chi connectivity index (χ2n) is 5.75. The van der Waals surface area contributed by atoms with Gasteiger partial charge in [0.1, 0.15) is 17.1 Å². The van der Waals surface area contributed by atoms with Gasteiger partial charge in [0.2, 0.25) is 0 Å². The molecule has 2 aromatic rings. The molecule has 7 nitrogen and oxygen atoms in total. The minimum atomic E-state index is -0.816. The smallest absolute Gasteiger partial charge is 0.336 e. The quantitative estimate of drug-likeness (QED) is 0.393. The summed E-state index contributed by atoms with van der Waals surface area (Å²) in [6, 6.07) is 11.1. The average Bonchev–Trinajstić information content (AvgIpc) is 2.66. The van der Waals surface area contributed by atoms with Gasteiger partial charge in [0, 0.05) is 0 Å². The molecule has 0 unspecified atom stereocenters. The molecule has 3 rings (SSSR count). The van der Waals surface area contributed by atoms with E-state index in [1.165, 1.54) is 6.08 Å². The minimum absolute atomic E-state index is 0.146. The van der Waals surface area contributed by atoms with Crippen molar-refractivity contribution in [1.29, 1.82) is 0 Å². The minimum Gasteiger partial charge on any atom is -0.496 e. The van der Waals surface area contributed by atoms with Crippen molar-refractivity contribution in [3.63, 3.8) is 0 Å². The molecule has 8 heteroatoms. The summed E-state index contributed by atoms with van der Waals surface area (Å²) in [6.45, 7) is 2.17. The number of halogens is 1. The Bertz CT molecular complexity index is 986. The molecular weight excluding hydrogens is 475 g/mol. The van der Waals surface area contributed by atoms with E-state index < -0.39 is 17.8 Å². The molecule has 144 valence electrons. The van der Waals surface area contributed by atoms with E-state index in [1.807, 2.05) is 0 Å². The Morgan fingerprint density at radius 1 is 1.11 bits per heavy atom. The van der Waals surface area contributed by atoms with Crippen molar-refractivity contribution in [2.45, 2.75) is 6.92 Å². The number of carbonyl (C=O) groups excluding carboxylic acids is 3. The lowest BCUT2D eigenvalue weighted by Gasteiger charge is -2.27. The fraction of sp³-hybridized carbons (Fsp3) is 0.150. The summed E-state index contributed by atoms with van der Waals surface area (Å²) >= 11 is 2.10. The number of amides is 4. The maximum atomic E-state index is 13.0. The number of methoxy groups -OCH3 is 1. The summed E-state index contributed by atoms with van der Waals surface area (Å²) in [5.74, 6) is -0.400. The molecule has 0 aliphatic carbocycles. The second kappa shape index (κ2) is 8.42. The van der Waals surface area contributed by atoms with Gasteiger partial charge in [-0.1, -0.05) is 18.2 Å². The number of anilines is 1. The first-order valence-corrected chi connectivity index (χ1v) is 9.51. The molecule has 1 N–H and O–H groups in total. The predicted octanol–water partition coefficient (Wildman–Crippen LogP) is 3.36. The van der Waals surface area contributed by atoms with Crippen LogP contribution in [-0.2, 0) is 9.59 Å². The molecule has 1 saturated heterocycles. The van der Waals surface area contributed by atoms with Gasteiger partial charge >= 0.3 is 6.03 Å². The number of barbiturate groups is 1. The fourth-order valence-electron chi connectivity index (χ4n) is 2.73. The maximum Gasteiger partial charge on any atom is 0.336 e. The normalized spacial score (nSPS) is 15.6. The third-order valence-corrected chi connectivity index (χ3v) is 4.84. The van der Waals surface area contributed by atoms with Crippen LogP contribution in [0, 0.1) is 3.57 Å². The molecule has 0 aromatic heterocycles. The highest BCUT2D eigenvalue weighted by atomic mass is 127. The SMILES string of the molecule is CCOc1ccccc1N1C(=O)NC(=O)/C(=C\c2ccc(OC)c(I)c2)C1=O. The van der Waals surface area contributed by atoms with Crippen molar-refractivity contribution in [3.8, 4) is 11.5 Å². The third-order valence-electron chi connectivity index (χ3n) is 3.99. The van der Waals surface area contributed by atoms with Crippen LogP contribution >= 0.6 is 22.6 Å². The Labute approximate surface area is 175 Å². The summed E-state index contributed by atoms with van der Waals surface area (Å²) < 4.78 is 11.6. The molecule has 4 amide bonds. The van der Waals surface area contributed by atoms with E-state index >= 15 is 0 Å². The molecule has 28 heavy (non-hydrogen) atoms. The van der Waals surface area contributed by atoms with Crippen LogP contribution in [0.25, 0.3) is 6.08 Å². The molecule has 0 bridgehead atoms. The van der Waals surface area contributed by atoms with E-state index in [0.717, 1.165) is 8.47 Å². The Morgan fingerprint density at radius 2 is 1.86 bits per heavy atom. The lowest BCUT2D eigenvalue weighted by molar-refractivity contribution is -0.122. The highest BCUT2D eigenvalue weighted by Crippen LogP contribution is 2.31. The van der Waals surface area contributed by atoms with Gasteiger partial charge in [0.15, 0.2) is 0 Å². The van der Waals surface area contributed by atoms with Gasteiger partial charge in [0.05, 0.1) is 23.0 Å². The zero-order chi connectivity index (χ0) is 20.3. The van der Waals surface area contributed by atoms with Gasteiger partial charge in [-0.25, -0.2) is 9.69 Å². The number of rotatable bonds is 5. The number of carbonyl (C=O) groups is 3. The first-order chi connectivity index (χ1) is 13.5. The number of para-hydroxylation sites is 2. The van der Waals surface area contributed by atoms with E-state index in [0.29, 0.717) is 23.7 Å². The van der Waals surface area contributed by atoms with E-state index in [1.54, 1.807) is 56.5 Å². The first-order valence-electron chi connectivity index (χ1n) is 8.43. The van der Waals surface area contributed by atoms with Crippen molar-refractivity contribution < 1.29 is 23.9 Å². The van der Waals surface area contributed by atoms with E-state index in [9.17, 15) is 14.4 Å². The van der Waals surface area contributed by atoms with Crippen LogP contribution in [-0.4, -0.2) is 31.6 Å². The van der Waals surface area contributed by atoms with Crippen LogP contribution in [0.2, 0.25) is 0 Å². The highest BCUT2D eigenvalue weighted by molar-refractivity contribution is 14.1. The van der Waals surface area contributed by atoms with Crippen molar-refractivity contribution in [2.24, 2.45) is 0 Å². The fourth-order valence-corrected chi connectivity index (χ4v) is 3.49. The number of benzene rings is 2. The monoisotopic (exact) mass is 492 g/mol. The van der Waals surface area contributed by atoms with Crippen LogP contribution in [0.5, 0.6) is 11.5 Å². The molecule has 1 aliphatic heterocycles. The van der Waals surface area contributed by atoms with E-state index in [-0.39, 0.29) is 11.3 Å². The van der Waals surface area contributed by atoms with Crippen LogP contribution in [0.3, 0.4) is 0 Å². The standard InChI is InChI=1S/C20H17IN2O5/c1-3-28-17-7-5-4-6-15(17)23-19(25)13(18(24)22-20(23)26)10-12-8-9-16(27-2)14(21)11-12/h4-11H,3H2,1-2H3,(H,22,24,26)/b13-10+. The van der Waals surface area contributed by atoms with E-state index in [4.69, 9.17) is 9.47 Å². The second-order valence-corrected chi connectivity index (χ2v) is 6.91. The van der Waals surface area contributed by atoms with Crippen LogP contribution in [0.15, 0.2) is 48.0 Å². The number of imide groups is 2. The number of nitrogens with one attached hydrogen (secondary N) is 1. The molecule has 1 fully saturated rings. The molecule has 0 atom stereocenters. The van der Waals surface area contributed by atoms with Crippen molar-refractivity contribution in [3.05, 3.63) is 57.2 Å². The summed E-state index contributed by atoms with van der Waals surface area (Å²) in [5, 5.41) is 2.21. The van der Waals surface area contributed by atoms with Gasteiger partial charge in [-0.3, -0.25) is 14.9 Å². The van der Waals surface area contributed by atoms with Gasteiger partial charge in [-0.15, -0.1) is 0 Å². The maximum absolute atomic E-state index is 13.0. The largest absolute Gasteiger partial charge is 0.496 e. The molecule has 0 radical (unpaired) electrons. The third kappa shape index (κ3) is 3.86. The van der Waals surface area contributed by atoms with Gasteiger partial charge < -0.3 is 9.47 Å². The summed E-state index contributed by atoms with van der Waals surface area (Å²) in [7, 11) is 1.56. The van der Waals surface area contributed by atoms with Gasteiger partial charge in [-0.05, 0) is 65.4 Å². The summed E-state index contributed by atoms with van der Waals surface area (Å²) in [6.07, 6.45) is 1.45. The lowest BCUT2D eigenvalue weighted by Crippen LogP contribution is -2.54. The van der Waals surface area contributed by atoms with Crippen molar-refractivity contribution in [1.82, 2.24) is 5.32 Å². The van der Waals surface area contributed by atoms with Gasteiger partial charge in [-0.2, -0.15) is 0 Å². The lowest BCUT2D eigenvalue weighted by atomic mass is 10.1. The Kier molecular flexibility index (Phi) is 5.98. The Hall–Kier alpha value is -2.88. The molecule has 1 heterocycles. The van der Waals surface area contributed by atoms with Crippen LogP contribution < -0.4 is 19.7 Å². The number of nitrogens with zero attached hydrogens (tertiary/aromatic N) is 1. The summed E-state index contributed by atoms with van der Waals surface area (Å²) in [5.41, 5.74) is 0.762. The number of hydrogen-bond acceptors (Lipinski definition) is 5. The van der Waals surface area contributed by atoms with Crippen LogP contribution in [0.1, 0.15) is 12.5 Å². The number of urea groups is 1. The predicted molar refractivity (Wildman–Crippen MR) is 112 cm³/mol. The van der Waals surface area contributed by atoms with E-state index in [2.05, 4.69) is 27.9 Å².